The second-order valence-corrected chi connectivity index (χ2v) is 13.5. The van der Waals surface area contributed by atoms with Crippen molar-refractivity contribution in [1.29, 1.82) is 5.41 Å². The Labute approximate surface area is 303 Å². The molecule has 0 saturated carbocycles. The molecule has 47 heavy (non-hydrogen) atoms. The summed E-state index contributed by atoms with van der Waals surface area (Å²) >= 11 is 43.0. The fraction of sp³-hybridized carbons (Fsp3) is 0.393. The molecule has 2 aromatic rings. The van der Waals surface area contributed by atoms with Crippen LogP contribution in [0, 0.1) is 5.41 Å². The first-order valence-corrected chi connectivity index (χ1v) is 15.7. The van der Waals surface area contributed by atoms with Gasteiger partial charge in [0.25, 0.3) is 3.79 Å². The van der Waals surface area contributed by atoms with E-state index in [1.165, 1.54) is 37.4 Å². The van der Waals surface area contributed by atoms with E-state index in [-0.39, 0.29) is 37.0 Å². The molecule has 1 fully saturated rings. The zero-order valence-electron chi connectivity index (χ0n) is 24.5. The molecule has 1 heterocycles. The van der Waals surface area contributed by atoms with E-state index in [1.807, 2.05) is 0 Å². The maximum Gasteiger partial charge on any atom is 0.340 e. The summed E-state index contributed by atoms with van der Waals surface area (Å²) in [5.41, 5.74) is 0.199. The van der Waals surface area contributed by atoms with Gasteiger partial charge in [0, 0.05) is 41.9 Å². The molecule has 0 aromatic heterocycles. The van der Waals surface area contributed by atoms with Crippen molar-refractivity contribution in [2.75, 3.05) is 7.11 Å². The number of esters is 4. The van der Waals surface area contributed by atoms with Gasteiger partial charge in [0.15, 0.2) is 24.4 Å². The highest BCUT2D eigenvalue weighted by molar-refractivity contribution is 6.76. The minimum Gasteiger partial charge on any atom is -0.497 e. The summed E-state index contributed by atoms with van der Waals surface area (Å²) in [4.78, 5) is 50.6. The number of hydrogen-bond donors (Lipinski definition) is 1. The van der Waals surface area contributed by atoms with E-state index in [0.717, 1.165) is 20.8 Å². The minimum atomic E-state index is -2.46. The standard InChI is InChI=1S/C28H24Cl7NO11/c1-10(37)42-21-22(43-11(2)38)24(44-12(3)39)26(47-27(36)28(33,34)35)46-23(21)25(40)45-20(15-6-5-13(29)7-16(15)30)19-17(31)8-14(41-4)9-18(19)32/h5-9,20-24,26,36H,1-4H3/t20-,21-,22-,23-,24+,26?/m0/s1. The Bertz CT molecular complexity index is 1530. The molecular weight excluding hydrogens is 774 g/mol. The van der Waals surface area contributed by atoms with Gasteiger partial charge in [-0.3, -0.25) is 19.8 Å². The van der Waals surface area contributed by atoms with Crippen LogP contribution in [-0.4, -0.2) is 71.4 Å². The first kappa shape index (κ1) is 39.0. The lowest BCUT2D eigenvalue weighted by Gasteiger charge is -2.43. The SMILES string of the molecule is COc1cc(Cl)c([C@@H](OC(=O)[C@H]2OC(OC(=N)C(Cl)(Cl)Cl)[C@H](OC(C)=O)[C@@H](OC(C)=O)[C@@H]2OC(C)=O)c2ccc(Cl)cc2Cl)c(Cl)c1. The highest BCUT2D eigenvalue weighted by Crippen LogP contribution is 2.43. The van der Waals surface area contributed by atoms with Gasteiger partial charge in [-0.1, -0.05) is 87.3 Å². The lowest BCUT2D eigenvalue weighted by molar-refractivity contribution is -0.286. The summed E-state index contributed by atoms with van der Waals surface area (Å²) < 4.78 is 35.7. The van der Waals surface area contributed by atoms with Crippen LogP contribution in [0.25, 0.3) is 0 Å². The first-order valence-electron chi connectivity index (χ1n) is 13.0. The van der Waals surface area contributed by atoms with Crippen LogP contribution in [0.2, 0.25) is 20.1 Å². The maximum atomic E-state index is 14.1. The molecule has 256 valence electrons. The Balaban J connectivity index is 2.20. The van der Waals surface area contributed by atoms with Crippen molar-refractivity contribution in [3.05, 3.63) is 61.5 Å². The van der Waals surface area contributed by atoms with Crippen molar-refractivity contribution in [2.24, 2.45) is 0 Å². The number of ether oxygens (including phenoxy) is 7. The molecule has 1 aliphatic rings. The molecule has 1 saturated heterocycles. The average molecular weight is 799 g/mol. The molecular formula is C28H24Cl7NO11. The van der Waals surface area contributed by atoms with Gasteiger partial charge in [-0.2, -0.15) is 0 Å². The van der Waals surface area contributed by atoms with Gasteiger partial charge in [-0.05, 0) is 24.3 Å². The number of carbonyl (C=O) groups excluding carboxylic acids is 4. The average Bonchev–Trinajstić information content (AvgIpc) is 2.93. The molecule has 6 atom stereocenters. The number of hydrogen-bond acceptors (Lipinski definition) is 12. The van der Waals surface area contributed by atoms with Gasteiger partial charge >= 0.3 is 23.9 Å². The molecule has 2 aromatic carbocycles. The molecule has 0 bridgehead atoms. The van der Waals surface area contributed by atoms with Crippen LogP contribution in [0.1, 0.15) is 38.0 Å². The van der Waals surface area contributed by atoms with Crippen molar-refractivity contribution < 1.29 is 52.3 Å². The van der Waals surface area contributed by atoms with Crippen LogP contribution in [-0.2, 0) is 47.6 Å². The number of nitrogens with one attached hydrogen (secondary N) is 1. The highest BCUT2D eigenvalue weighted by Gasteiger charge is 2.57. The zero-order valence-corrected chi connectivity index (χ0v) is 29.8. The van der Waals surface area contributed by atoms with Gasteiger partial charge in [0.2, 0.25) is 18.3 Å². The van der Waals surface area contributed by atoms with Crippen molar-refractivity contribution in [3.63, 3.8) is 0 Å². The molecule has 1 aliphatic heterocycles. The predicted octanol–water partition coefficient (Wildman–Crippen LogP) is 6.83. The van der Waals surface area contributed by atoms with E-state index in [0.29, 0.717) is 0 Å². The van der Waals surface area contributed by atoms with Gasteiger partial charge in [-0.15, -0.1) is 0 Å². The molecule has 3 rings (SSSR count). The fourth-order valence-corrected chi connectivity index (χ4v) is 5.65. The Morgan fingerprint density at radius 2 is 1.32 bits per heavy atom. The number of alkyl halides is 3. The maximum absolute atomic E-state index is 14.1. The molecule has 0 spiro atoms. The summed E-state index contributed by atoms with van der Waals surface area (Å²) in [6.45, 7) is 2.97. The van der Waals surface area contributed by atoms with E-state index in [1.54, 1.807) is 0 Å². The molecule has 1 unspecified atom stereocenters. The fourth-order valence-electron chi connectivity index (χ4n) is 4.35. The topological polar surface area (TPSA) is 157 Å². The Morgan fingerprint density at radius 3 is 1.81 bits per heavy atom. The molecule has 0 amide bonds. The van der Waals surface area contributed by atoms with Crippen molar-refractivity contribution >= 4 is 111 Å². The number of methoxy groups -OCH3 is 1. The normalized spacial score (nSPS) is 21.6. The Kier molecular flexibility index (Phi) is 13.6. The van der Waals surface area contributed by atoms with E-state index >= 15 is 0 Å². The molecule has 19 heteroatoms. The molecule has 1 N–H and O–H groups in total. The van der Waals surface area contributed by atoms with E-state index in [4.69, 9.17) is 120 Å². The summed E-state index contributed by atoms with van der Waals surface area (Å²) in [6.07, 6.45) is -10.9. The van der Waals surface area contributed by atoms with Crippen LogP contribution >= 0.6 is 81.2 Å². The largest absolute Gasteiger partial charge is 0.497 e. The van der Waals surface area contributed by atoms with Crippen molar-refractivity contribution in [3.8, 4) is 5.75 Å². The lowest BCUT2D eigenvalue weighted by Crippen LogP contribution is -2.64. The Morgan fingerprint density at radius 1 is 0.787 bits per heavy atom. The van der Waals surface area contributed by atoms with Gasteiger partial charge < -0.3 is 33.2 Å². The third kappa shape index (κ3) is 10.1. The van der Waals surface area contributed by atoms with Crippen molar-refractivity contribution in [2.45, 2.75) is 61.4 Å². The summed E-state index contributed by atoms with van der Waals surface area (Å²) in [5.74, 6) is -4.93. The number of carbonyl (C=O) groups is 4. The molecule has 0 aliphatic carbocycles. The van der Waals surface area contributed by atoms with Crippen LogP contribution < -0.4 is 4.74 Å². The summed E-state index contributed by atoms with van der Waals surface area (Å²) in [7, 11) is 1.38. The summed E-state index contributed by atoms with van der Waals surface area (Å²) in [6, 6.07) is 7.07. The van der Waals surface area contributed by atoms with Gasteiger partial charge in [0.05, 0.1) is 17.2 Å². The van der Waals surface area contributed by atoms with Crippen molar-refractivity contribution in [1.82, 2.24) is 0 Å². The molecule has 0 radical (unpaired) electrons. The zero-order chi connectivity index (χ0) is 35.4. The van der Waals surface area contributed by atoms with Crippen LogP contribution in [0.5, 0.6) is 5.75 Å². The smallest absolute Gasteiger partial charge is 0.340 e. The third-order valence-electron chi connectivity index (χ3n) is 6.15. The Hall–Kier alpha value is -2.42. The number of halogens is 7. The second-order valence-electron chi connectivity index (χ2n) is 9.58. The van der Waals surface area contributed by atoms with E-state index in [2.05, 4.69) is 0 Å². The molecule has 12 nitrogen and oxygen atoms in total. The third-order valence-corrected chi connectivity index (χ3v) is 7.86. The monoisotopic (exact) mass is 795 g/mol. The minimum absolute atomic E-state index is 0.00990. The first-order chi connectivity index (χ1) is 21.8. The lowest BCUT2D eigenvalue weighted by atomic mass is 9.97. The predicted molar refractivity (Wildman–Crippen MR) is 172 cm³/mol. The summed E-state index contributed by atoms with van der Waals surface area (Å²) in [5, 5.41) is 8.30. The van der Waals surface area contributed by atoms with Crippen LogP contribution in [0.4, 0.5) is 0 Å². The van der Waals surface area contributed by atoms with Crippen LogP contribution in [0.3, 0.4) is 0 Å². The quantitative estimate of drug-likeness (QED) is 0.0933. The van der Waals surface area contributed by atoms with E-state index < -0.39 is 70.4 Å². The number of rotatable bonds is 9. The van der Waals surface area contributed by atoms with Gasteiger partial charge in [-0.25, -0.2) is 4.79 Å². The van der Waals surface area contributed by atoms with Gasteiger partial charge in [0.1, 0.15) is 5.75 Å². The highest BCUT2D eigenvalue weighted by atomic mass is 35.6. The second kappa shape index (κ2) is 16.3. The van der Waals surface area contributed by atoms with E-state index in [9.17, 15) is 19.2 Å². The number of benzene rings is 2. The van der Waals surface area contributed by atoms with Crippen LogP contribution in [0.15, 0.2) is 30.3 Å².